The topological polar surface area (TPSA) is 9.23 Å². The number of rotatable bonds is 4. The van der Waals surface area contributed by atoms with E-state index in [2.05, 4.69) is 6.92 Å². The summed E-state index contributed by atoms with van der Waals surface area (Å²) in [6.45, 7) is 2.68. The van der Waals surface area contributed by atoms with Gasteiger partial charge in [0, 0.05) is 27.6 Å². The quantitative estimate of drug-likeness (QED) is 0.728. The van der Waals surface area contributed by atoms with Crippen molar-refractivity contribution in [3.05, 3.63) is 41.4 Å². The number of hydrogen-bond acceptors (Lipinski definition) is 1. The van der Waals surface area contributed by atoms with Gasteiger partial charge in [0.05, 0.1) is 6.61 Å². The third-order valence-corrected chi connectivity index (χ3v) is 3.47. The van der Waals surface area contributed by atoms with Crippen LogP contribution in [0.25, 0.3) is 10.8 Å². The number of benzene rings is 2. The van der Waals surface area contributed by atoms with Crippen molar-refractivity contribution in [2.45, 2.75) is 6.92 Å². The van der Waals surface area contributed by atoms with Gasteiger partial charge in [0.15, 0.2) is 0 Å². The fraction of sp³-hybridized carbons (Fsp3) is 0.286. The summed E-state index contributed by atoms with van der Waals surface area (Å²) in [7, 11) is 0. The molecule has 0 saturated heterocycles. The van der Waals surface area contributed by atoms with Gasteiger partial charge in [-0.15, -0.1) is 11.6 Å². The molecule has 90 valence electrons. The van der Waals surface area contributed by atoms with E-state index in [4.69, 9.17) is 27.9 Å². The lowest BCUT2D eigenvalue weighted by Crippen LogP contribution is -2.09. The maximum Gasteiger partial charge on any atom is 0.127 e. The van der Waals surface area contributed by atoms with Crippen molar-refractivity contribution in [2.75, 3.05) is 12.5 Å². The van der Waals surface area contributed by atoms with Gasteiger partial charge in [-0.2, -0.15) is 0 Å². The van der Waals surface area contributed by atoms with Crippen LogP contribution in [-0.4, -0.2) is 12.5 Å². The Labute approximate surface area is 111 Å². The number of hydrogen-bond donors (Lipinski definition) is 0. The van der Waals surface area contributed by atoms with E-state index in [-0.39, 0.29) is 0 Å². The Hall–Kier alpha value is -0.920. The molecule has 0 amide bonds. The molecule has 0 fully saturated rings. The molecule has 0 bridgehead atoms. The van der Waals surface area contributed by atoms with Gasteiger partial charge < -0.3 is 4.74 Å². The summed E-state index contributed by atoms with van der Waals surface area (Å²) in [4.78, 5) is 0. The maximum absolute atomic E-state index is 6.14. The zero-order chi connectivity index (χ0) is 12.3. The zero-order valence-electron chi connectivity index (χ0n) is 9.62. The van der Waals surface area contributed by atoms with Crippen LogP contribution in [0.1, 0.15) is 6.92 Å². The molecule has 0 N–H and O–H groups in total. The Morgan fingerprint density at radius 3 is 2.53 bits per heavy atom. The van der Waals surface area contributed by atoms with Crippen molar-refractivity contribution in [1.29, 1.82) is 0 Å². The molecular formula is C14H14Cl2O. The standard InChI is InChI=1S/C14H14Cl2O/c1-10(8-15)9-17-14-7-6-13(16)11-4-2-3-5-12(11)14/h2-7,10H,8-9H2,1H3. The van der Waals surface area contributed by atoms with Crippen LogP contribution in [0.15, 0.2) is 36.4 Å². The van der Waals surface area contributed by atoms with Gasteiger partial charge in [0.2, 0.25) is 0 Å². The van der Waals surface area contributed by atoms with Gasteiger partial charge in [-0.05, 0) is 12.1 Å². The normalized spacial score (nSPS) is 12.6. The summed E-state index contributed by atoms with van der Waals surface area (Å²) in [6, 6.07) is 11.7. The highest BCUT2D eigenvalue weighted by atomic mass is 35.5. The molecule has 0 saturated carbocycles. The van der Waals surface area contributed by atoms with E-state index in [1.165, 1.54) is 0 Å². The average Bonchev–Trinajstić information content (AvgIpc) is 2.38. The lowest BCUT2D eigenvalue weighted by atomic mass is 10.1. The zero-order valence-corrected chi connectivity index (χ0v) is 11.1. The molecule has 0 radical (unpaired) electrons. The summed E-state index contributed by atoms with van der Waals surface area (Å²) in [5, 5.41) is 2.81. The van der Waals surface area contributed by atoms with Gasteiger partial charge in [-0.1, -0.05) is 42.8 Å². The fourth-order valence-electron chi connectivity index (χ4n) is 1.64. The SMILES string of the molecule is CC(CCl)COc1ccc(Cl)c2ccccc12. The van der Waals surface area contributed by atoms with Crippen molar-refractivity contribution in [3.8, 4) is 5.75 Å². The molecule has 2 aromatic rings. The molecule has 0 aliphatic heterocycles. The second kappa shape index (κ2) is 5.61. The van der Waals surface area contributed by atoms with Crippen LogP contribution in [0.4, 0.5) is 0 Å². The number of alkyl halides is 1. The molecule has 1 atom stereocenters. The summed E-state index contributed by atoms with van der Waals surface area (Å²) < 4.78 is 5.78. The lowest BCUT2D eigenvalue weighted by Gasteiger charge is -2.13. The Bertz CT molecular complexity index is 511. The molecule has 1 nitrogen and oxygen atoms in total. The third-order valence-electron chi connectivity index (χ3n) is 2.62. The Kier molecular flexibility index (Phi) is 4.14. The van der Waals surface area contributed by atoms with Crippen LogP contribution in [0.3, 0.4) is 0 Å². The Morgan fingerprint density at radius 2 is 1.82 bits per heavy atom. The molecule has 1 unspecified atom stereocenters. The van der Waals surface area contributed by atoms with Crippen molar-refractivity contribution in [1.82, 2.24) is 0 Å². The minimum absolute atomic E-state index is 0.339. The molecule has 17 heavy (non-hydrogen) atoms. The van der Waals surface area contributed by atoms with E-state index >= 15 is 0 Å². The first kappa shape index (κ1) is 12.5. The van der Waals surface area contributed by atoms with E-state index < -0.39 is 0 Å². The molecule has 2 rings (SSSR count). The largest absolute Gasteiger partial charge is 0.493 e. The van der Waals surface area contributed by atoms with Crippen LogP contribution >= 0.6 is 23.2 Å². The number of halogens is 2. The lowest BCUT2D eigenvalue weighted by molar-refractivity contribution is 0.276. The first-order valence-electron chi connectivity index (χ1n) is 5.58. The fourth-order valence-corrected chi connectivity index (χ4v) is 1.95. The minimum Gasteiger partial charge on any atom is -0.493 e. The van der Waals surface area contributed by atoms with E-state index in [1.54, 1.807) is 0 Å². The first-order valence-corrected chi connectivity index (χ1v) is 6.49. The molecule has 0 aromatic heterocycles. The highest BCUT2D eigenvalue weighted by Gasteiger charge is 2.07. The monoisotopic (exact) mass is 268 g/mol. The number of ether oxygens (including phenoxy) is 1. The van der Waals surface area contributed by atoms with Gasteiger partial charge in [0.25, 0.3) is 0 Å². The van der Waals surface area contributed by atoms with E-state index in [9.17, 15) is 0 Å². The van der Waals surface area contributed by atoms with Crippen molar-refractivity contribution in [3.63, 3.8) is 0 Å². The predicted molar refractivity (Wildman–Crippen MR) is 74.3 cm³/mol. The summed E-state index contributed by atoms with van der Waals surface area (Å²) in [5.74, 6) is 1.80. The van der Waals surface area contributed by atoms with Crippen molar-refractivity contribution in [2.24, 2.45) is 5.92 Å². The predicted octanol–water partition coefficient (Wildman–Crippen LogP) is 4.75. The van der Waals surface area contributed by atoms with E-state index in [1.807, 2.05) is 36.4 Å². The maximum atomic E-state index is 6.14. The van der Waals surface area contributed by atoms with Gasteiger partial charge in [0.1, 0.15) is 5.75 Å². The highest BCUT2D eigenvalue weighted by molar-refractivity contribution is 6.35. The Balaban J connectivity index is 2.32. The van der Waals surface area contributed by atoms with Crippen LogP contribution in [0.5, 0.6) is 5.75 Å². The molecule has 0 spiro atoms. The van der Waals surface area contributed by atoms with Crippen molar-refractivity contribution < 1.29 is 4.74 Å². The summed E-state index contributed by atoms with van der Waals surface area (Å²) >= 11 is 11.9. The summed E-state index contributed by atoms with van der Waals surface area (Å²) in [6.07, 6.45) is 0. The van der Waals surface area contributed by atoms with Crippen molar-refractivity contribution >= 4 is 34.0 Å². The van der Waals surface area contributed by atoms with E-state index in [0.717, 1.165) is 21.5 Å². The van der Waals surface area contributed by atoms with Crippen LogP contribution in [-0.2, 0) is 0 Å². The Morgan fingerprint density at radius 1 is 1.12 bits per heavy atom. The number of fused-ring (bicyclic) bond motifs is 1. The second-order valence-electron chi connectivity index (χ2n) is 4.16. The van der Waals surface area contributed by atoms with Crippen LogP contribution < -0.4 is 4.74 Å². The third kappa shape index (κ3) is 2.85. The first-order chi connectivity index (χ1) is 8.22. The van der Waals surface area contributed by atoms with Gasteiger partial charge in [-0.3, -0.25) is 0 Å². The average molecular weight is 269 g/mol. The molecular weight excluding hydrogens is 255 g/mol. The highest BCUT2D eigenvalue weighted by Crippen LogP contribution is 2.31. The smallest absolute Gasteiger partial charge is 0.127 e. The van der Waals surface area contributed by atoms with Gasteiger partial charge in [-0.25, -0.2) is 0 Å². The van der Waals surface area contributed by atoms with Gasteiger partial charge >= 0.3 is 0 Å². The molecule has 3 heteroatoms. The minimum atomic E-state index is 0.339. The van der Waals surface area contributed by atoms with Crippen LogP contribution in [0.2, 0.25) is 5.02 Å². The second-order valence-corrected chi connectivity index (χ2v) is 4.88. The molecule has 0 aliphatic carbocycles. The molecule has 0 heterocycles. The summed E-state index contributed by atoms with van der Waals surface area (Å²) in [5.41, 5.74) is 0. The molecule has 2 aromatic carbocycles. The van der Waals surface area contributed by atoms with Crippen LogP contribution in [0, 0.1) is 5.92 Å². The van der Waals surface area contributed by atoms with E-state index in [0.29, 0.717) is 18.4 Å². The molecule has 0 aliphatic rings.